The molecule has 1 aliphatic rings. The summed E-state index contributed by atoms with van der Waals surface area (Å²) < 4.78 is 17.7. The first-order chi connectivity index (χ1) is 15.0. The van der Waals surface area contributed by atoms with Gasteiger partial charge in [-0.1, -0.05) is 18.9 Å². The fraction of sp³-hybridized carbons (Fsp3) is 0.500. The Balaban J connectivity index is 1.52. The van der Waals surface area contributed by atoms with Crippen LogP contribution in [0.1, 0.15) is 37.7 Å². The summed E-state index contributed by atoms with van der Waals surface area (Å²) in [6.45, 7) is 0.134. The number of hydrogen-bond acceptors (Lipinski definition) is 6. The van der Waals surface area contributed by atoms with Crippen molar-refractivity contribution in [2.45, 2.75) is 51.1 Å². The van der Waals surface area contributed by atoms with E-state index in [1.54, 1.807) is 33.6 Å². The van der Waals surface area contributed by atoms with Crippen LogP contribution in [0.5, 0.6) is 17.2 Å². The molecular formula is C22H30N4O5. The molecule has 2 aromatic rings. The number of amides is 2. The molecular weight excluding hydrogens is 400 g/mol. The zero-order chi connectivity index (χ0) is 22.2. The van der Waals surface area contributed by atoms with Crippen molar-refractivity contribution in [2.24, 2.45) is 0 Å². The van der Waals surface area contributed by atoms with E-state index in [1.807, 2.05) is 6.07 Å². The second-order valence-electron chi connectivity index (χ2n) is 7.52. The molecule has 9 heteroatoms. The van der Waals surface area contributed by atoms with Gasteiger partial charge in [-0.25, -0.2) is 0 Å². The third-order valence-corrected chi connectivity index (χ3v) is 5.35. The Bertz CT molecular complexity index is 905. The minimum atomic E-state index is -0.160. The second kappa shape index (κ2) is 10.7. The lowest BCUT2D eigenvalue weighted by Crippen LogP contribution is -2.35. The number of nitrogens with zero attached hydrogens (tertiary/aromatic N) is 2. The van der Waals surface area contributed by atoms with Gasteiger partial charge in [-0.05, 0) is 30.9 Å². The normalized spacial score (nSPS) is 13.6. The fourth-order valence-corrected chi connectivity index (χ4v) is 3.84. The van der Waals surface area contributed by atoms with Gasteiger partial charge in [0.2, 0.25) is 17.6 Å². The number of hydrogen-bond donors (Lipinski definition) is 2. The van der Waals surface area contributed by atoms with E-state index < -0.39 is 0 Å². The van der Waals surface area contributed by atoms with E-state index in [2.05, 4.69) is 15.7 Å². The van der Waals surface area contributed by atoms with E-state index in [-0.39, 0.29) is 30.8 Å². The van der Waals surface area contributed by atoms with Crippen LogP contribution in [-0.2, 0) is 22.6 Å². The fourth-order valence-electron chi connectivity index (χ4n) is 3.84. The Hall–Kier alpha value is -3.23. The molecule has 3 rings (SSSR count). The number of rotatable bonds is 10. The number of anilines is 1. The highest BCUT2D eigenvalue weighted by Gasteiger charge is 2.18. The van der Waals surface area contributed by atoms with E-state index in [0.717, 1.165) is 31.2 Å². The molecule has 0 bridgehead atoms. The molecule has 2 N–H and O–H groups in total. The van der Waals surface area contributed by atoms with Gasteiger partial charge in [0.1, 0.15) is 6.54 Å². The SMILES string of the molecule is COc1ccc(CCC(=O)Nc2cnn(CC(=O)NC3CCCC3)c2)c(OC)c1OC. The maximum absolute atomic E-state index is 12.4. The standard InChI is InChI=1S/C22H30N4O5/c1-29-18-10-8-15(21(30-2)22(18)31-3)9-11-19(27)25-17-12-23-26(13-17)14-20(28)24-16-6-4-5-7-16/h8,10,12-13,16H,4-7,9,11,14H2,1-3H3,(H,24,28)(H,25,27). The van der Waals surface area contributed by atoms with Gasteiger partial charge in [-0.2, -0.15) is 5.10 Å². The lowest BCUT2D eigenvalue weighted by Gasteiger charge is -2.15. The largest absolute Gasteiger partial charge is 0.493 e. The van der Waals surface area contributed by atoms with Crippen molar-refractivity contribution in [3.8, 4) is 17.2 Å². The van der Waals surface area contributed by atoms with Gasteiger partial charge in [-0.15, -0.1) is 0 Å². The molecule has 31 heavy (non-hydrogen) atoms. The molecule has 0 unspecified atom stereocenters. The first-order valence-corrected chi connectivity index (χ1v) is 10.4. The summed E-state index contributed by atoms with van der Waals surface area (Å²) in [5.41, 5.74) is 1.40. The number of nitrogens with one attached hydrogen (secondary N) is 2. The van der Waals surface area contributed by atoms with Crippen LogP contribution in [0.25, 0.3) is 0 Å². The lowest BCUT2D eigenvalue weighted by atomic mass is 10.1. The average molecular weight is 431 g/mol. The second-order valence-corrected chi connectivity index (χ2v) is 7.52. The van der Waals surface area contributed by atoms with Gasteiger partial charge in [-0.3, -0.25) is 14.3 Å². The van der Waals surface area contributed by atoms with E-state index in [4.69, 9.17) is 14.2 Å². The number of aryl methyl sites for hydroxylation is 1. The van der Waals surface area contributed by atoms with Crippen LogP contribution >= 0.6 is 0 Å². The van der Waals surface area contributed by atoms with Crippen LogP contribution in [0.2, 0.25) is 0 Å². The molecule has 0 atom stereocenters. The Morgan fingerprint density at radius 1 is 1.06 bits per heavy atom. The predicted molar refractivity (Wildman–Crippen MR) is 116 cm³/mol. The third-order valence-electron chi connectivity index (χ3n) is 5.35. The van der Waals surface area contributed by atoms with Gasteiger partial charge in [0, 0.05) is 18.7 Å². The van der Waals surface area contributed by atoms with Gasteiger partial charge >= 0.3 is 0 Å². The summed E-state index contributed by atoms with van der Waals surface area (Å²) in [5, 5.41) is 10.0. The zero-order valence-corrected chi connectivity index (χ0v) is 18.3. The van der Waals surface area contributed by atoms with Crippen molar-refractivity contribution in [3.63, 3.8) is 0 Å². The first-order valence-electron chi connectivity index (χ1n) is 10.4. The average Bonchev–Trinajstić information content (AvgIpc) is 3.43. The van der Waals surface area contributed by atoms with E-state index >= 15 is 0 Å². The van der Waals surface area contributed by atoms with Crippen LogP contribution in [0, 0.1) is 0 Å². The van der Waals surface area contributed by atoms with Gasteiger partial charge in [0.15, 0.2) is 11.5 Å². The smallest absolute Gasteiger partial charge is 0.241 e. The molecule has 1 aliphatic carbocycles. The van der Waals surface area contributed by atoms with Gasteiger partial charge < -0.3 is 24.8 Å². The quantitative estimate of drug-likeness (QED) is 0.600. The first kappa shape index (κ1) is 22.5. The van der Waals surface area contributed by atoms with Crippen LogP contribution in [0.15, 0.2) is 24.5 Å². The molecule has 1 fully saturated rings. The van der Waals surface area contributed by atoms with Crippen molar-refractivity contribution in [1.29, 1.82) is 0 Å². The highest BCUT2D eigenvalue weighted by atomic mass is 16.5. The maximum atomic E-state index is 12.4. The van der Waals surface area contributed by atoms with Crippen molar-refractivity contribution in [2.75, 3.05) is 26.6 Å². The van der Waals surface area contributed by atoms with Crippen LogP contribution < -0.4 is 24.8 Å². The summed E-state index contributed by atoms with van der Waals surface area (Å²) >= 11 is 0. The highest BCUT2D eigenvalue weighted by molar-refractivity contribution is 5.90. The predicted octanol–water partition coefficient (Wildman–Crippen LogP) is 2.54. The minimum absolute atomic E-state index is 0.0616. The van der Waals surface area contributed by atoms with Crippen molar-refractivity contribution < 1.29 is 23.8 Å². The summed E-state index contributed by atoms with van der Waals surface area (Å²) in [5.74, 6) is 1.40. The van der Waals surface area contributed by atoms with E-state index in [0.29, 0.717) is 29.4 Å². The molecule has 168 valence electrons. The molecule has 1 heterocycles. The molecule has 2 amide bonds. The molecule has 0 saturated heterocycles. The minimum Gasteiger partial charge on any atom is -0.493 e. The van der Waals surface area contributed by atoms with Gasteiger partial charge in [0.05, 0.1) is 33.2 Å². The molecule has 0 radical (unpaired) electrons. The number of aromatic nitrogens is 2. The molecule has 1 aromatic heterocycles. The molecule has 1 saturated carbocycles. The number of benzene rings is 1. The lowest BCUT2D eigenvalue weighted by molar-refractivity contribution is -0.122. The monoisotopic (exact) mass is 430 g/mol. The summed E-state index contributed by atoms with van der Waals surface area (Å²) in [6.07, 6.45) is 8.32. The summed E-state index contributed by atoms with van der Waals surface area (Å²) in [7, 11) is 4.66. The molecule has 0 spiro atoms. The van der Waals surface area contributed by atoms with Crippen LogP contribution in [-0.4, -0.2) is 49.0 Å². The van der Waals surface area contributed by atoms with Crippen molar-refractivity contribution in [3.05, 3.63) is 30.1 Å². The third kappa shape index (κ3) is 5.90. The topological polar surface area (TPSA) is 104 Å². The Labute approximate surface area is 182 Å². The van der Waals surface area contributed by atoms with Crippen LogP contribution in [0.4, 0.5) is 5.69 Å². The van der Waals surface area contributed by atoms with Crippen molar-refractivity contribution in [1.82, 2.24) is 15.1 Å². The molecule has 1 aromatic carbocycles. The number of carbonyl (C=O) groups is 2. The Morgan fingerprint density at radius 2 is 1.81 bits per heavy atom. The summed E-state index contributed by atoms with van der Waals surface area (Å²) in [4.78, 5) is 24.5. The molecule has 0 aliphatic heterocycles. The van der Waals surface area contributed by atoms with Crippen LogP contribution in [0.3, 0.4) is 0 Å². The Morgan fingerprint density at radius 3 is 2.48 bits per heavy atom. The number of carbonyl (C=O) groups excluding carboxylic acids is 2. The Kier molecular flexibility index (Phi) is 7.75. The summed E-state index contributed by atoms with van der Waals surface area (Å²) in [6, 6.07) is 3.92. The number of ether oxygens (including phenoxy) is 3. The van der Waals surface area contributed by atoms with E-state index in [1.165, 1.54) is 10.9 Å². The number of methoxy groups -OCH3 is 3. The van der Waals surface area contributed by atoms with Crippen molar-refractivity contribution >= 4 is 17.5 Å². The maximum Gasteiger partial charge on any atom is 0.241 e. The highest BCUT2D eigenvalue weighted by Crippen LogP contribution is 2.40. The van der Waals surface area contributed by atoms with E-state index in [9.17, 15) is 9.59 Å². The van der Waals surface area contributed by atoms with Gasteiger partial charge in [0.25, 0.3) is 0 Å². The zero-order valence-electron chi connectivity index (χ0n) is 18.3. The molecule has 9 nitrogen and oxygen atoms in total.